The van der Waals surface area contributed by atoms with E-state index in [1.807, 2.05) is 6.07 Å². The standard InChI is InChI=1S/C28H27N3/c1-3-30-27-17-11-10-16-25(27)26-20-22(18-19-28(26)30)21(2)29-31(23-12-6-4-7-13-23)24-14-8-5-9-15-24/h4-14,16-20,24H,3,15H2,1-2H3. The maximum Gasteiger partial charge on any atom is 0.0743 e. The summed E-state index contributed by atoms with van der Waals surface area (Å²) in [6.07, 6.45) is 9.60. The molecule has 0 saturated heterocycles. The second-order valence-electron chi connectivity index (χ2n) is 7.97. The van der Waals surface area contributed by atoms with Gasteiger partial charge in [0.25, 0.3) is 0 Å². The number of aryl methyl sites for hydroxylation is 1. The van der Waals surface area contributed by atoms with Crippen molar-refractivity contribution in [3.8, 4) is 0 Å². The molecule has 1 aliphatic carbocycles. The maximum absolute atomic E-state index is 5.11. The van der Waals surface area contributed by atoms with Crippen LogP contribution in [-0.2, 0) is 6.54 Å². The Morgan fingerprint density at radius 2 is 1.71 bits per heavy atom. The summed E-state index contributed by atoms with van der Waals surface area (Å²) in [6.45, 7) is 5.27. The van der Waals surface area contributed by atoms with Crippen LogP contribution in [0.15, 0.2) is 102 Å². The zero-order valence-electron chi connectivity index (χ0n) is 18.1. The lowest BCUT2D eigenvalue weighted by Crippen LogP contribution is -2.30. The van der Waals surface area contributed by atoms with Gasteiger partial charge in [-0.25, -0.2) is 0 Å². The highest BCUT2D eigenvalue weighted by Gasteiger charge is 2.17. The van der Waals surface area contributed by atoms with Crippen LogP contribution in [0.1, 0.15) is 25.8 Å². The number of nitrogens with zero attached hydrogens (tertiary/aromatic N) is 3. The lowest BCUT2D eigenvalue weighted by atomic mass is 10.1. The Balaban J connectivity index is 1.60. The summed E-state index contributed by atoms with van der Waals surface area (Å²) in [6, 6.07) is 26.1. The number of hydrogen-bond donors (Lipinski definition) is 0. The van der Waals surface area contributed by atoms with E-state index in [1.165, 1.54) is 21.8 Å². The van der Waals surface area contributed by atoms with Gasteiger partial charge in [0.2, 0.25) is 0 Å². The zero-order valence-corrected chi connectivity index (χ0v) is 18.1. The van der Waals surface area contributed by atoms with Crippen LogP contribution in [-0.4, -0.2) is 16.3 Å². The summed E-state index contributed by atoms with van der Waals surface area (Å²) in [4.78, 5) is 0. The molecule has 1 aromatic heterocycles. The molecule has 3 aromatic carbocycles. The fourth-order valence-corrected chi connectivity index (χ4v) is 4.49. The summed E-state index contributed by atoms with van der Waals surface area (Å²) >= 11 is 0. The van der Waals surface area contributed by atoms with E-state index in [1.54, 1.807) is 0 Å². The first kappa shape index (κ1) is 19.4. The van der Waals surface area contributed by atoms with Crippen LogP contribution in [0.25, 0.3) is 21.8 Å². The topological polar surface area (TPSA) is 20.5 Å². The SMILES string of the molecule is CCn1c2ccccc2c2cc(C(C)=NN(c3ccccc3)C3C=CC=CC3)ccc21. The number of hydrazone groups is 1. The van der Waals surface area contributed by atoms with Gasteiger partial charge in [0, 0.05) is 28.4 Å². The fraction of sp³-hybridized carbons (Fsp3) is 0.179. The molecule has 5 rings (SSSR count). The van der Waals surface area contributed by atoms with Gasteiger partial charge in [-0.15, -0.1) is 0 Å². The van der Waals surface area contributed by atoms with Gasteiger partial charge in [0.05, 0.1) is 17.4 Å². The van der Waals surface area contributed by atoms with E-state index >= 15 is 0 Å². The maximum atomic E-state index is 5.11. The molecule has 1 atom stereocenters. The minimum absolute atomic E-state index is 0.216. The van der Waals surface area contributed by atoms with Gasteiger partial charge in [-0.05, 0) is 56.2 Å². The summed E-state index contributed by atoms with van der Waals surface area (Å²) in [5.41, 5.74) is 5.84. The van der Waals surface area contributed by atoms with Crippen molar-refractivity contribution in [3.63, 3.8) is 0 Å². The molecule has 0 radical (unpaired) electrons. The van der Waals surface area contributed by atoms with E-state index in [-0.39, 0.29) is 6.04 Å². The Hall–Kier alpha value is -3.59. The van der Waals surface area contributed by atoms with E-state index in [0.717, 1.165) is 29.9 Å². The van der Waals surface area contributed by atoms with Crippen molar-refractivity contribution in [3.05, 3.63) is 103 Å². The smallest absolute Gasteiger partial charge is 0.0743 e. The Morgan fingerprint density at radius 1 is 0.935 bits per heavy atom. The van der Waals surface area contributed by atoms with Crippen LogP contribution in [0.2, 0.25) is 0 Å². The Morgan fingerprint density at radius 3 is 2.48 bits per heavy atom. The highest BCUT2D eigenvalue weighted by atomic mass is 15.5. The highest BCUT2D eigenvalue weighted by molar-refractivity contribution is 6.11. The van der Waals surface area contributed by atoms with Crippen LogP contribution in [0, 0.1) is 0 Å². The number of aromatic nitrogens is 1. The van der Waals surface area contributed by atoms with Crippen molar-refractivity contribution in [2.45, 2.75) is 32.9 Å². The van der Waals surface area contributed by atoms with Gasteiger partial charge in [-0.1, -0.05) is 66.8 Å². The van der Waals surface area contributed by atoms with Crippen LogP contribution >= 0.6 is 0 Å². The minimum atomic E-state index is 0.216. The predicted octanol–water partition coefficient (Wildman–Crippen LogP) is 6.93. The first-order valence-electron chi connectivity index (χ1n) is 11.0. The molecule has 4 aromatic rings. The largest absolute Gasteiger partial charge is 0.341 e. The fourth-order valence-electron chi connectivity index (χ4n) is 4.49. The third-order valence-electron chi connectivity index (χ3n) is 6.06. The summed E-state index contributed by atoms with van der Waals surface area (Å²) < 4.78 is 2.39. The third kappa shape index (κ3) is 3.57. The zero-order chi connectivity index (χ0) is 21.2. The molecule has 0 fully saturated rings. The van der Waals surface area contributed by atoms with Crippen LogP contribution in [0.5, 0.6) is 0 Å². The van der Waals surface area contributed by atoms with Gasteiger partial charge in [0.15, 0.2) is 0 Å². The third-order valence-corrected chi connectivity index (χ3v) is 6.06. The Labute approximate surface area is 183 Å². The van der Waals surface area contributed by atoms with E-state index in [0.29, 0.717) is 0 Å². The minimum Gasteiger partial charge on any atom is -0.341 e. The quantitative estimate of drug-likeness (QED) is 0.260. The monoisotopic (exact) mass is 405 g/mol. The predicted molar refractivity (Wildman–Crippen MR) is 133 cm³/mol. The first-order chi connectivity index (χ1) is 15.3. The molecular weight excluding hydrogens is 378 g/mol. The number of fused-ring (bicyclic) bond motifs is 3. The number of para-hydroxylation sites is 2. The molecule has 1 heterocycles. The molecule has 3 nitrogen and oxygen atoms in total. The molecular formula is C28H27N3. The van der Waals surface area contributed by atoms with E-state index in [9.17, 15) is 0 Å². The number of allylic oxidation sites excluding steroid dienone is 2. The number of rotatable bonds is 5. The second-order valence-corrected chi connectivity index (χ2v) is 7.97. The molecule has 0 saturated carbocycles. The normalized spacial score (nSPS) is 16.3. The van der Waals surface area contributed by atoms with Gasteiger partial charge in [0.1, 0.15) is 0 Å². The summed E-state index contributed by atoms with van der Waals surface area (Å²) in [5.74, 6) is 0. The first-order valence-corrected chi connectivity index (χ1v) is 11.0. The van der Waals surface area contributed by atoms with Crippen molar-refractivity contribution >= 4 is 33.2 Å². The number of benzene rings is 3. The Bertz CT molecular complexity index is 1310. The molecule has 1 unspecified atom stereocenters. The molecule has 0 amide bonds. The van der Waals surface area contributed by atoms with Gasteiger partial charge in [-0.2, -0.15) is 5.10 Å². The van der Waals surface area contributed by atoms with Crippen LogP contribution < -0.4 is 5.01 Å². The lowest BCUT2D eigenvalue weighted by Gasteiger charge is -2.28. The molecule has 154 valence electrons. The molecule has 1 aliphatic rings. The molecule has 31 heavy (non-hydrogen) atoms. The number of hydrogen-bond acceptors (Lipinski definition) is 2. The van der Waals surface area contributed by atoms with E-state index in [2.05, 4.69) is 114 Å². The molecule has 0 bridgehead atoms. The van der Waals surface area contributed by atoms with Crippen molar-refractivity contribution in [2.75, 3.05) is 5.01 Å². The molecule has 0 spiro atoms. The highest BCUT2D eigenvalue weighted by Crippen LogP contribution is 2.30. The van der Waals surface area contributed by atoms with E-state index in [4.69, 9.17) is 5.10 Å². The molecule has 0 N–H and O–H groups in total. The van der Waals surface area contributed by atoms with Gasteiger partial charge < -0.3 is 4.57 Å². The average molecular weight is 406 g/mol. The van der Waals surface area contributed by atoms with Crippen molar-refractivity contribution in [2.24, 2.45) is 5.10 Å². The van der Waals surface area contributed by atoms with E-state index < -0.39 is 0 Å². The van der Waals surface area contributed by atoms with Crippen molar-refractivity contribution in [1.82, 2.24) is 4.57 Å². The van der Waals surface area contributed by atoms with Crippen LogP contribution in [0.4, 0.5) is 5.69 Å². The Kier molecular flexibility index (Phi) is 5.17. The van der Waals surface area contributed by atoms with Crippen molar-refractivity contribution in [1.29, 1.82) is 0 Å². The van der Waals surface area contributed by atoms with Gasteiger partial charge >= 0.3 is 0 Å². The van der Waals surface area contributed by atoms with Crippen LogP contribution in [0.3, 0.4) is 0 Å². The number of anilines is 1. The second kappa shape index (κ2) is 8.27. The lowest BCUT2D eigenvalue weighted by molar-refractivity contribution is 0.714. The molecule has 0 aliphatic heterocycles. The molecule has 3 heteroatoms. The average Bonchev–Trinajstić information content (AvgIpc) is 3.16. The summed E-state index contributed by atoms with van der Waals surface area (Å²) in [5, 5.41) is 9.85. The van der Waals surface area contributed by atoms with Gasteiger partial charge in [-0.3, -0.25) is 5.01 Å². The summed E-state index contributed by atoms with van der Waals surface area (Å²) in [7, 11) is 0. The van der Waals surface area contributed by atoms with Crippen molar-refractivity contribution < 1.29 is 0 Å².